The molecule has 7 heteroatoms. The number of carbonyl (C=O) groups excluding carboxylic acids is 2. The third-order valence-corrected chi connectivity index (χ3v) is 3.08. The molecule has 0 spiro atoms. The van der Waals surface area contributed by atoms with Crippen LogP contribution in [-0.4, -0.2) is 29.4 Å². The van der Waals surface area contributed by atoms with Crippen molar-refractivity contribution >= 4 is 29.1 Å². The first kappa shape index (κ1) is 14.2. The lowest BCUT2D eigenvalue weighted by molar-refractivity contribution is -0.138. The zero-order chi connectivity index (χ0) is 13.5. The maximum atomic E-state index is 11.5. The van der Waals surface area contributed by atoms with Gasteiger partial charge in [0.1, 0.15) is 6.54 Å². The third-order valence-electron chi connectivity index (χ3n) is 2.09. The number of nitrogens with one attached hydrogen (secondary N) is 2. The van der Waals surface area contributed by atoms with Crippen molar-refractivity contribution in [3.05, 3.63) is 22.4 Å². The van der Waals surface area contributed by atoms with Crippen molar-refractivity contribution in [2.75, 3.05) is 6.54 Å². The van der Waals surface area contributed by atoms with Gasteiger partial charge in [0.25, 0.3) is 0 Å². The summed E-state index contributed by atoms with van der Waals surface area (Å²) in [7, 11) is 0. The highest BCUT2D eigenvalue weighted by Crippen LogP contribution is 2.21. The molecule has 1 aromatic heterocycles. The number of carboxylic acid groups (broad SMARTS) is 1. The van der Waals surface area contributed by atoms with Crippen molar-refractivity contribution in [2.45, 2.75) is 19.4 Å². The highest BCUT2D eigenvalue weighted by atomic mass is 32.1. The minimum absolute atomic E-state index is 0.0212. The fourth-order valence-corrected chi connectivity index (χ4v) is 2.17. The first-order valence-electron chi connectivity index (χ1n) is 5.28. The Morgan fingerprint density at radius 2 is 2.17 bits per heavy atom. The van der Waals surface area contributed by atoms with Crippen LogP contribution < -0.4 is 10.6 Å². The molecular formula is C11H14N2O4S. The molecule has 0 bridgehead atoms. The number of rotatable bonds is 6. The van der Waals surface area contributed by atoms with E-state index in [-0.39, 0.29) is 12.3 Å². The fourth-order valence-electron chi connectivity index (χ4n) is 1.39. The quantitative estimate of drug-likeness (QED) is 0.702. The van der Waals surface area contributed by atoms with E-state index in [1.54, 1.807) is 0 Å². The second-order valence-electron chi connectivity index (χ2n) is 3.64. The van der Waals surface area contributed by atoms with E-state index in [9.17, 15) is 14.4 Å². The largest absolute Gasteiger partial charge is 0.480 e. The van der Waals surface area contributed by atoms with E-state index in [1.165, 1.54) is 18.3 Å². The Kier molecular flexibility index (Phi) is 5.31. The van der Waals surface area contributed by atoms with Gasteiger partial charge in [-0.05, 0) is 11.4 Å². The van der Waals surface area contributed by atoms with Gasteiger partial charge >= 0.3 is 5.97 Å². The van der Waals surface area contributed by atoms with Gasteiger partial charge in [-0.1, -0.05) is 6.07 Å². The summed E-state index contributed by atoms with van der Waals surface area (Å²) in [6, 6.07) is 3.22. The van der Waals surface area contributed by atoms with Gasteiger partial charge in [0.15, 0.2) is 0 Å². The van der Waals surface area contributed by atoms with Crippen LogP contribution >= 0.6 is 11.3 Å². The van der Waals surface area contributed by atoms with E-state index in [0.29, 0.717) is 0 Å². The van der Waals surface area contributed by atoms with E-state index >= 15 is 0 Å². The average molecular weight is 270 g/mol. The zero-order valence-electron chi connectivity index (χ0n) is 9.80. The predicted molar refractivity (Wildman–Crippen MR) is 66.1 cm³/mol. The summed E-state index contributed by atoms with van der Waals surface area (Å²) in [6.45, 7) is 0.950. The van der Waals surface area contributed by atoms with Crippen LogP contribution in [0.1, 0.15) is 24.3 Å². The molecular weight excluding hydrogens is 256 g/mol. The van der Waals surface area contributed by atoms with Gasteiger partial charge in [-0.3, -0.25) is 14.4 Å². The number of carboxylic acids is 1. The minimum Gasteiger partial charge on any atom is -0.480 e. The second-order valence-corrected chi connectivity index (χ2v) is 4.62. The van der Waals surface area contributed by atoms with Gasteiger partial charge in [0.05, 0.1) is 12.5 Å². The van der Waals surface area contributed by atoms with E-state index in [2.05, 4.69) is 10.6 Å². The Bertz CT molecular complexity index is 430. The van der Waals surface area contributed by atoms with Crippen molar-refractivity contribution in [2.24, 2.45) is 0 Å². The van der Waals surface area contributed by atoms with Gasteiger partial charge in [-0.25, -0.2) is 0 Å². The fraction of sp³-hybridized carbons (Fsp3) is 0.364. The summed E-state index contributed by atoms with van der Waals surface area (Å²) in [6.07, 6.45) is 0.0212. The molecule has 0 aliphatic carbocycles. The Labute approximate surface area is 108 Å². The Morgan fingerprint density at radius 3 is 2.67 bits per heavy atom. The van der Waals surface area contributed by atoms with E-state index in [4.69, 9.17) is 5.11 Å². The molecule has 1 unspecified atom stereocenters. The highest BCUT2D eigenvalue weighted by molar-refractivity contribution is 7.10. The van der Waals surface area contributed by atoms with Crippen LogP contribution in [0.4, 0.5) is 0 Å². The van der Waals surface area contributed by atoms with Crippen molar-refractivity contribution in [1.29, 1.82) is 0 Å². The first-order valence-corrected chi connectivity index (χ1v) is 6.16. The van der Waals surface area contributed by atoms with Crippen molar-refractivity contribution < 1.29 is 19.5 Å². The van der Waals surface area contributed by atoms with Gasteiger partial charge < -0.3 is 15.7 Å². The van der Waals surface area contributed by atoms with Crippen molar-refractivity contribution in [3.63, 3.8) is 0 Å². The van der Waals surface area contributed by atoms with E-state index < -0.39 is 24.5 Å². The Balaban J connectivity index is 2.59. The highest BCUT2D eigenvalue weighted by Gasteiger charge is 2.18. The van der Waals surface area contributed by atoms with Crippen LogP contribution in [-0.2, 0) is 14.4 Å². The van der Waals surface area contributed by atoms with Crippen molar-refractivity contribution in [1.82, 2.24) is 10.6 Å². The SMILES string of the molecule is CC(=O)NC(CC(=O)NCC(=O)O)c1cccs1. The van der Waals surface area contributed by atoms with Crippen LogP contribution in [0.25, 0.3) is 0 Å². The summed E-state index contributed by atoms with van der Waals surface area (Å²) >= 11 is 1.43. The number of thiophene rings is 1. The molecule has 0 aromatic carbocycles. The zero-order valence-corrected chi connectivity index (χ0v) is 10.6. The topological polar surface area (TPSA) is 95.5 Å². The van der Waals surface area contributed by atoms with Crippen molar-refractivity contribution in [3.8, 4) is 0 Å². The Morgan fingerprint density at radius 1 is 1.44 bits per heavy atom. The summed E-state index contributed by atoms with van der Waals surface area (Å²) in [4.78, 5) is 33.7. The van der Waals surface area contributed by atoms with E-state index in [1.807, 2.05) is 17.5 Å². The molecule has 0 saturated heterocycles. The molecule has 0 aliphatic rings. The molecule has 0 saturated carbocycles. The molecule has 0 radical (unpaired) electrons. The normalized spacial score (nSPS) is 11.6. The molecule has 0 fully saturated rings. The summed E-state index contributed by atoms with van der Waals surface area (Å²) in [5.41, 5.74) is 0. The summed E-state index contributed by atoms with van der Waals surface area (Å²) < 4.78 is 0. The van der Waals surface area contributed by atoms with Gasteiger partial charge in [0, 0.05) is 11.8 Å². The number of hydrogen-bond donors (Lipinski definition) is 3. The van der Waals surface area contributed by atoms with Crippen LogP contribution in [0.5, 0.6) is 0 Å². The van der Waals surface area contributed by atoms with Gasteiger partial charge in [-0.2, -0.15) is 0 Å². The van der Waals surface area contributed by atoms with Gasteiger partial charge in [-0.15, -0.1) is 11.3 Å². The van der Waals surface area contributed by atoms with Crippen LogP contribution in [0, 0.1) is 0 Å². The Hall–Kier alpha value is -1.89. The molecule has 18 heavy (non-hydrogen) atoms. The molecule has 0 aliphatic heterocycles. The molecule has 1 heterocycles. The lowest BCUT2D eigenvalue weighted by atomic mass is 10.1. The molecule has 1 atom stereocenters. The number of carbonyl (C=O) groups is 3. The predicted octanol–water partition coefficient (Wildman–Crippen LogP) is 0.516. The lowest BCUT2D eigenvalue weighted by Crippen LogP contribution is -2.34. The second kappa shape index (κ2) is 6.75. The number of aliphatic carboxylic acids is 1. The summed E-state index contributed by atoms with van der Waals surface area (Å²) in [5, 5.41) is 15.2. The molecule has 1 rings (SSSR count). The minimum atomic E-state index is -1.10. The van der Waals surface area contributed by atoms with Crippen LogP contribution in [0.2, 0.25) is 0 Å². The average Bonchev–Trinajstić information content (AvgIpc) is 2.78. The molecule has 6 nitrogen and oxygen atoms in total. The maximum absolute atomic E-state index is 11.5. The van der Waals surface area contributed by atoms with Crippen LogP contribution in [0.15, 0.2) is 17.5 Å². The molecule has 1 aromatic rings. The molecule has 2 amide bonds. The first-order chi connectivity index (χ1) is 8.49. The lowest BCUT2D eigenvalue weighted by Gasteiger charge is -2.15. The monoisotopic (exact) mass is 270 g/mol. The van der Waals surface area contributed by atoms with E-state index in [0.717, 1.165) is 4.88 Å². The van der Waals surface area contributed by atoms with Crippen LogP contribution in [0.3, 0.4) is 0 Å². The maximum Gasteiger partial charge on any atom is 0.322 e. The smallest absolute Gasteiger partial charge is 0.322 e. The molecule has 98 valence electrons. The summed E-state index contributed by atoms with van der Waals surface area (Å²) in [5.74, 6) is -1.75. The number of amides is 2. The third kappa shape index (κ3) is 4.96. The van der Waals surface area contributed by atoms with Gasteiger partial charge in [0.2, 0.25) is 11.8 Å². The standard InChI is InChI=1S/C11H14N2O4S/c1-7(14)13-8(9-3-2-4-18-9)5-10(15)12-6-11(16)17/h2-4,8H,5-6H2,1H3,(H,12,15)(H,13,14)(H,16,17). The number of hydrogen-bond acceptors (Lipinski definition) is 4. The molecule has 3 N–H and O–H groups in total.